The van der Waals surface area contributed by atoms with Crippen molar-refractivity contribution in [3.8, 4) is 5.88 Å². The lowest BCUT2D eigenvalue weighted by Gasteiger charge is -2.17. The van der Waals surface area contributed by atoms with Crippen molar-refractivity contribution in [2.75, 3.05) is 10.6 Å². The SMILES string of the molecule is [CH2][C](Nc1nc(Nc2cc(OC(C)C)[nH]n2)c(F)cc1CN)c1ccc(F)cc1. The zero-order valence-electron chi connectivity index (χ0n) is 16.1. The molecule has 5 N–H and O–H groups in total. The minimum Gasteiger partial charge on any atom is -0.475 e. The molecule has 0 saturated heterocycles. The first kappa shape index (κ1) is 20.5. The van der Waals surface area contributed by atoms with E-state index in [1.807, 2.05) is 13.8 Å². The molecule has 3 aromatic rings. The number of H-pyrrole nitrogens is 1. The lowest BCUT2D eigenvalue weighted by molar-refractivity contribution is 0.232. The van der Waals surface area contributed by atoms with Gasteiger partial charge in [-0.15, -0.1) is 0 Å². The molecule has 2 aromatic heterocycles. The molecule has 0 amide bonds. The van der Waals surface area contributed by atoms with E-state index in [0.29, 0.717) is 34.7 Å². The van der Waals surface area contributed by atoms with Gasteiger partial charge in [0.2, 0.25) is 5.88 Å². The van der Waals surface area contributed by atoms with Crippen molar-refractivity contribution >= 4 is 17.5 Å². The van der Waals surface area contributed by atoms with Crippen LogP contribution in [0.4, 0.5) is 26.2 Å². The smallest absolute Gasteiger partial charge is 0.211 e. The van der Waals surface area contributed by atoms with Gasteiger partial charge in [0.25, 0.3) is 0 Å². The van der Waals surface area contributed by atoms with Gasteiger partial charge in [-0.25, -0.2) is 18.9 Å². The van der Waals surface area contributed by atoms with E-state index < -0.39 is 5.82 Å². The van der Waals surface area contributed by atoms with Crippen molar-refractivity contribution in [1.82, 2.24) is 15.2 Å². The summed E-state index contributed by atoms with van der Waals surface area (Å²) < 4.78 is 33.1. The van der Waals surface area contributed by atoms with Gasteiger partial charge in [0.15, 0.2) is 17.5 Å². The third kappa shape index (κ3) is 5.20. The first-order chi connectivity index (χ1) is 13.9. The summed E-state index contributed by atoms with van der Waals surface area (Å²) in [6.45, 7) is 7.76. The van der Waals surface area contributed by atoms with Gasteiger partial charge >= 0.3 is 0 Å². The summed E-state index contributed by atoms with van der Waals surface area (Å²) in [7, 11) is 0. The number of aromatic nitrogens is 3. The first-order valence-electron chi connectivity index (χ1n) is 8.96. The van der Waals surface area contributed by atoms with E-state index in [1.54, 1.807) is 18.2 Å². The average molecular weight is 400 g/mol. The number of aromatic amines is 1. The van der Waals surface area contributed by atoms with Gasteiger partial charge in [-0.1, -0.05) is 12.1 Å². The van der Waals surface area contributed by atoms with Crippen molar-refractivity contribution in [3.63, 3.8) is 0 Å². The van der Waals surface area contributed by atoms with Crippen molar-refractivity contribution in [3.05, 3.63) is 72.1 Å². The van der Waals surface area contributed by atoms with Crippen LogP contribution in [0.15, 0.2) is 36.4 Å². The van der Waals surface area contributed by atoms with Crippen molar-refractivity contribution in [2.45, 2.75) is 26.5 Å². The highest BCUT2D eigenvalue weighted by atomic mass is 19.1. The molecule has 0 spiro atoms. The van der Waals surface area contributed by atoms with E-state index in [2.05, 4.69) is 32.7 Å². The molecule has 7 nitrogen and oxygen atoms in total. The standard InChI is InChI=1S/C20H22F2N6O/c1-11(2)29-18-9-17(27-28-18)25-20-16(22)8-14(10-23)19(26-20)24-12(3)13-4-6-15(21)7-5-13/h4-9,11H,3,10,23H2,1-2H3,(H3,24,25,26,27,28). The fourth-order valence-electron chi connectivity index (χ4n) is 2.55. The number of hydrogen-bond acceptors (Lipinski definition) is 6. The molecule has 1 aromatic carbocycles. The van der Waals surface area contributed by atoms with Gasteiger partial charge in [-0.05, 0) is 44.5 Å². The van der Waals surface area contributed by atoms with E-state index in [4.69, 9.17) is 10.5 Å². The van der Waals surface area contributed by atoms with Crippen molar-refractivity contribution in [2.24, 2.45) is 5.73 Å². The largest absolute Gasteiger partial charge is 0.475 e. The second-order valence-corrected chi connectivity index (χ2v) is 6.55. The van der Waals surface area contributed by atoms with Crippen LogP contribution in [0.1, 0.15) is 25.0 Å². The number of nitrogens with zero attached hydrogens (tertiary/aromatic N) is 2. The van der Waals surface area contributed by atoms with Crippen LogP contribution in [0, 0.1) is 24.6 Å². The van der Waals surface area contributed by atoms with Gasteiger partial charge in [-0.2, -0.15) is 5.10 Å². The Bertz CT molecular complexity index is 958. The van der Waals surface area contributed by atoms with E-state index in [0.717, 1.165) is 0 Å². The molecule has 0 fully saturated rings. The summed E-state index contributed by atoms with van der Waals surface area (Å²) in [5.74, 6) is 0.146. The van der Waals surface area contributed by atoms with Gasteiger partial charge in [0.05, 0.1) is 12.1 Å². The monoisotopic (exact) mass is 400 g/mol. The summed E-state index contributed by atoms with van der Waals surface area (Å²) in [4.78, 5) is 4.28. The fourth-order valence-corrected chi connectivity index (χ4v) is 2.55. The maximum Gasteiger partial charge on any atom is 0.211 e. The molecule has 0 unspecified atom stereocenters. The first-order valence-corrected chi connectivity index (χ1v) is 8.96. The number of anilines is 3. The Labute approximate surface area is 167 Å². The van der Waals surface area contributed by atoms with Crippen LogP contribution in [0.5, 0.6) is 5.88 Å². The molecule has 0 aliphatic carbocycles. The molecule has 9 heteroatoms. The zero-order chi connectivity index (χ0) is 21.0. The number of benzene rings is 1. The second kappa shape index (κ2) is 8.87. The highest BCUT2D eigenvalue weighted by Gasteiger charge is 2.16. The third-order valence-corrected chi connectivity index (χ3v) is 3.90. The Morgan fingerprint density at radius 1 is 1.21 bits per heavy atom. The Kier molecular flexibility index (Phi) is 6.28. The normalized spacial score (nSPS) is 11.2. The second-order valence-electron chi connectivity index (χ2n) is 6.55. The van der Waals surface area contributed by atoms with Gasteiger partial charge in [0, 0.05) is 18.2 Å². The summed E-state index contributed by atoms with van der Waals surface area (Å²) >= 11 is 0. The predicted molar refractivity (Wildman–Crippen MR) is 107 cm³/mol. The van der Waals surface area contributed by atoms with Crippen LogP contribution < -0.4 is 21.1 Å². The lowest BCUT2D eigenvalue weighted by Crippen LogP contribution is -2.14. The number of rotatable bonds is 8. The molecule has 3 rings (SSSR count). The minimum absolute atomic E-state index is 0.0322. The highest BCUT2D eigenvalue weighted by Crippen LogP contribution is 2.26. The Morgan fingerprint density at radius 2 is 1.93 bits per heavy atom. The van der Waals surface area contributed by atoms with Crippen LogP contribution in [0.25, 0.3) is 0 Å². The summed E-state index contributed by atoms with van der Waals surface area (Å²) in [5.41, 5.74) is 6.85. The van der Waals surface area contributed by atoms with E-state index >= 15 is 0 Å². The molecule has 0 aliphatic heterocycles. The van der Waals surface area contributed by atoms with Gasteiger partial charge in [0.1, 0.15) is 11.6 Å². The molecule has 0 saturated carbocycles. The fraction of sp³-hybridized carbons (Fsp3) is 0.200. The predicted octanol–water partition coefficient (Wildman–Crippen LogP) is 3.90. The zero-order valence-corrected chi connectivity index (χ0v) is 16.1. The molecule has 0 bridgehead atoms. The lowest BCUT2D eigenvalue weighted by atomic mass is 10.1. The summed E-state index contributed by atoms with van der Waals surface area (Å²) in [6.07, 6.45) is -0.0322. The van der Waals surface area contributed by atoms with Crippen molar-refractivity contribution in [1.29, 1.82) is 0 Å². The van der Waals surface area contributed by atoms with Crippen molar-refractivity contribution < 1.29 is 13.5 Å². The number of halogens is 2. The van der Waals surface area contributed by atoms with E-state index in [9.17, 15) is 8.78 Å². The van der Waals surface area contributed by atoms with E-state index in [-0.39, 0.29) is 24.3 Å². The maximum atomic E-state index is 14.5. The summed E-state index contributed by atoms with van der Waals surface area (Å²) in [5, 5.41) is 12.6. The maximum absolute atomic E-state index is 14.5. The van der Waals surface area contributed by atoms with Crippen LogP contribution >= 0.6 is 0 Å². The average Bonchev–Trinajstić information content (AvgIpc) is 3.10. The highest BCUT2D eigenvalue weighted by molar-refractivity contribution is 5.61. The molecular formula is C20H22F2N6O. The van der Waals surface area contributed by atoms with Crippen LogP contribution in [0.2, 0.25) is 0 Å². The Morgan fingerprint density at radius 3 is 2.59 bits per heavy atom. The van der Waals surface area contributed by atoms with Crippen LogP contribution in [-0.2, 0) is 6.54 Å². The minimum atomic E-state index is -0.585. The van der Waals surface area contributed by atoms with Gasteiger partial charge < -0.3 is 21.1 Å². The third-order valence-electron chi connectivity index (χ3n) is 3.90. The van der Waals surface area contributed by atoms with Gasteiger partial charge in [-0.3, -0.25) is 0 Å². The number of pyridine rings is 1. The molecule has 29 heavy (non-hydrogen) atoms. The molecule has 0 aliphatic rings. The van der Waals surface area contributed by atoms with Crippen LogP contribution in [-0.4, -0.2) is 21.3 Å². The topological polar surface area (TPSA) is 101 Å². The Hall–Kier alpha value is -3.20. The number of nitrogens with two attached hydrogens (primary N) is 1. The number of hydrogen-bond donors (Lipinski definition) is 4. The van der Waals surface area contributed by atoms with E-state index in [1.165, 1.54) is 18.2 Å². The number of ether oxygens (including phenoxy) is 1. The molecule has 2 heterocycles. The van der Waals surface area contributed by atoms with Crippen LogP contribution in [0.3, 0.4) is 0 Å². The quantitative estimate of drug-likeness (QED) is 0.458. The summed E-state index contributed by atoms with van der Waals surface area (Å²) in [6, 6.07) is 9.16. The molecule has 152 valence electrons. The Balaban J connectivity index is 1.82. The molecule has 2 radical (unpaired) electrons. The molecular weight excluding hydrogens is 378 g/mol. The number of nitrogens with one attached hydrogen (secondary N) is 3. The molecule has 0 atom stereocenters.